The molecule has 0 spiro atoms. The monoisotopic (exact) mass is 335 g/mol. The molecule has 0 bridgehead atoms. The van der Waals surface area contributed by atoms with E-state index < -0.39 is 16.4 Å². The fraction of sp³-hybridized carbons (Fsp3) is 0.500. The van der Waals surface area contributed by atoms with Crippen molar-refractivity contribution in [1.29, 1.82) is 0 Å². The average Bonchev–Trinajstić information content (AvgIpc) is 3.11. The van der Waals surface area contributed by atoms with Crippen molar-refractivity contribution in [3.05, 3.63) is 24.3 Å². The number of para-hydroxylation sites is 2. The summed E-state index contributed by atoms with van der Waals surface area (Å²) in [6.07, 6.45) is 0.338. The number of hydrogen-bond donors (Lipinski definition) is 1. The lowest BCUT2D eigenvalue weighted by atomic mass is 10.2. The molecule has 0 saturated carbocycles. The smallest absolute Gasteiger partial charge is 0.410 e. The third-order valence-corrected chi connectivity index (χ3v) is 5.22. The SMILES string of the molecule is CC(C)(C)OC(=O)N1CC[C@H]([S@@](=O)c2nc3ccccc3[nH]2)C1. The molecular weight excluding hydrogens is 314 g/mol. The van der Waals surface area contributed by atoms with E-state index in [0.717, 1.165) is 11.0 Å². The molecule has 23 heavy (non-hydrogen) atoms. The molecule has 1 amide bonds. The van der Waals surface area contributed by atoms with Gasteiger partial charge in [0.05, 0.1) is 27.1 Å². The Bertz CT molecular complexity index is 717. The second-order valence-corrected chi connectivity index (χ2v) is 8.34. The minimum Gasteiger partial charge on any atom is -0.444 e. The van der Waals surface area contributed by atoms with E-state index in [0.29, 0.717) is 24.7 Å². The number of nitrogens with one attached hydrogen (secondary N) is 1. The molecule has 1 aliphatic rings. The third-order valence-electron chi connectivity index (χ3n) is 3.66. The summed E-state index contributed by atoms with van der Waals surface area (Å²) in [6, 6.07) is 7.60. The molecular formula is C16H21N3O3S. The lowest BCUT2D eigenvalue weighted by Crippen LogP contribution is -2.36. The zero-order valence-electron chi connectivity index (χ0n) is 13.5. The number of fused-ring (bicyclic) bond motifs is 1. The summed E-state index contributed by atoms with van der Waals surface area (Å²) in [5, 5.41) is 0.352. The van der Waals surface area contributed by atoms with Crippen molar-refractivity contribution in [1.82, 2.24) is 14.9 Å². The number of ether oxygens (including phenoxy) is 1. The number of carbonyl (C=O) groups excluding carboxylic acids is 1. The van der Waals surface area contributed by atoms with Gasteiger partial charge in [0.1, 0.15) is 5.60 Å². The highest BCUT2D eigenvalue weighted by Gasteiger charge is 2.34. The van der Waals surface area contributed by atoms with E-state index >= 15 is 0 Å². The largest absolute Gasteiger partial charge is 0.444 e. The highest BCUT2D eigenvalue weighted by atomic mass is 32.2. The maximum absolute atomic E-state index is 12.7. The second kappa shape index (κ2) is 5.96. The molecule has 0 aliphatic carbocycles. The van der Waals surface area contributed by atoms with Crippen LogP contribution < -0.4 is 0 Å². The number of carbonyl (C=O) groups is 1. The highest BCUT2D eigenvalue weighted by molar-refractivity contribution is 7.85. The molecule has 2 atom stereocenters. The van der Waals surface area contributed by atoms with E-state index in [4.69, 9.17) is 4.74 Å². The number of H-pyrrole nitrogens is 1. The first-order valence-electron chi connectivity index (χ1n) is 7.67. The van der Waals surface area contributed by atoms with Crippen LogP contribution in [0.25, 0.3) is 11.0 Å². The van der Waals surface area contributed by atoms with E-state index in [9.17, 15) is 9.00 Å². The van der Waals surface area contributed by atoms with Gasteiger partial charge in [-0.15, -0.1) is 0 Å². The lowest BCUT2D eigenvalue weighted by Gasteiger charge is -2.24. The first-order chi connectivity index (χ1) is 10.8. The van der Waals surface area contributed by atoms with Crippen LogP contribution in [0.3, 0.4) is 0 Å². The quantitative estimate of drug-likeness (QED) is 0.915. The molecule has 1 fully saturated rings. The van der Waals surface area contributed by atoms with Crippen LogP contribution >= 0.6 is 0 Å². The molecule has 2 heterocycles. The second-order valence-electron chi connectivity index (χ2n) is 6.69. The van der Waals surface area contributed by atoms with Crippen LogP contribution in [0.2, 0.25) is 0 Å². The normalized spacial score (nSPS) is 20.0. The van der Waals surface area contributed by atoms with Crippen LogP contribution in [0.1, 0.15) is 27.2 Å². The van der Waals surface area contributed by atoms with Crippen molar-refractivity contribution >= 4 is 27.9 Å². The summed E-state index contributed by atoms with van der Waals surface area (Å²) in [5.74, 6) is 0. The van der Waals surface area contributed by atoms with Gasteiger partial charge in [0, 0.05) is 13.1 Å². The molecule has 0 radical (unpaired) electrons. The number of imidazole rings is 1. The summed E-state index contributed by atoms with van der Waals surface area (Å²) in [5.41, 5.74) is 1.16. The predicted molar refractivity (Wildman–Crippen MR) is 88.7 cm³/mol. The molecule has 2 aromatic rings. The van der Waals surface area contributed by atoms with Gasteiger partial charge in [0.15, 0.2) is 5.16 Å². The van der Waals surface area contributed by atoms with E-state index in [1.54, 1.807) is 4.90 Å². The fourth-order valence-corrected chi connectivity index (χ4v) is 3.93. The first-order valence-corrected chi connectivity index (χ1v) is 8.88. The van der Waals surface area contributed by atoms with Crippen LogP contribution in [-0.4, -0.2) is 49.1 Å². The van der Waals surface area contributed by atoms with E-state index in [2.05, 4.69) is 9.97 Å². The Morgan fingerprint density at radius 2 is 2.13 bits per heavy atom. The van der Waals surface area contributed by atoms with Gasteiger partial charge in [-0.05, 0) is 39.3 Å². The maximum Gasteiger partial charge on any atom is 0.410 e. The Kier molecular flexibility index (Phi) is 4.14. The molecule has 0 unspecified atom stereocenters. The Morgan fingerprint density at radius 1 is 1.39 bits per heavy atom. The molecule has 1 aromatic heterocycles. The van der Waals surface area contributed by atoms with Gasteiger partial charge in [0.25, 0.3) is 0 Å². The van der Waals surface area contributed by atoms with Crippen molar-refractivity contribution < 1.29 is 13.7 Å². The molecule has 7 heteroatoms. The Labute approximate surface area is 137 Å². The van der Waals surface area contributed by atoms with E-state index in [1.165, 1.54) is 0 Å². The topological polar surface area (TPSA) is 75.3 Å². The third kappa shape index (κ3) is 3.55. The average molecular weight is 335 g/mol. The molecule has 1 aromatic carbocycles. The molecule has 124 valence electrons. The van der Waals surface area contributed by atoms with Gasteiger partial charge in [-0.25, -0.2) is 9.78 Å². The van der Waals surface area contributed by atoms with Crippen LogP contribution in [0.4, 0.5) is 4.79 Å². The van der Waals surface area contributed by atoms with Gasteiger partial charge in [0.2, 0.25) is 0 Å². The summed E-state index contributed by atoms with van der Waals surface area (Å²) in [4.78, 5) is 21.2. The number of aromatic amines is 1. The van der Waals surface area contributed by atoms with Crippen LogP contribution in [-0.2, 0) is 15.5 Å². The van der Waals surface area contributed by atoms with Crippen LogP contribution in [0.5, 0.6) is 0 Å². The van der Waals surface area contributed by atoms with Gasteiger partial charge < -0.3 is 14.6 Å². The number of likely N-dealkylation sites (tertiary alicyclic amines) is 1. The lowest BCUT2D eigenvalue weighted by molar-refractivity contribution is 0.0295. The molecule has 1 saturated heterocycles. The summed E-state index contributed by atoms with van der Waals surface area (Å²) >= 11 is 0. The Morgan fingerprint density at radius 3 is 2.83 bits per heavy atom. The van der Waals surface area contributed by atoms with Crippen LogP contribution in [0, 0.1) is 0 Å². The molecule has 3 rings (SSSR count). The van der Waals surface area contributed by atoms with Crippen molar-refractivity contribution in [2.24, 2.45) is 0 Å². The highest BCUT2D eigenvalue weighted by Crippen LogP contribution is 2.22. The van der Waals surface area contributed by atoms with Gasteiger partial charge in [-0.2, -0.15) is 0 Å². The Balaban J connectivity index is 1.68. The van der Waals surface area contributed by atoms with E-state index in [-0.39, 0.29) is 11.3 Å². The van der Waals surface area contributed by atoms with Crippen LogP contribution in [0.15, 0.2) is 29.4 Å². The Hall–Kier alpha value is -1.89. The summed E-state index contributed by atoms with van der Waals surface area (Å²) in [7, 11) is -1.27. The summed E-state index contributed by atoms with van der Waals surface area (Å²) in [6.45, 7) is 6.51. The number of amides is 1. The number of nitrogens with zero attached hydrogens (tertiary/aromatic N) is 2. The van der Waals surface area contributed by atoms with Crippen molar-refractivity contribution in [2.75, 3.05) is 13.1 Å². The first kappa shape index (κ1) is 16.0. The van der Waals surface area contributed by atoms with Gasteiger partial charge in [-0.1, -0.05) is 12.1 Å². The summed E-state index contributed by atoms with van der Waals surface area (Å²) < 4.78 is 18.1. The fourth-order valence-electron chi connectivity index (χ4n) is 2.58. The zero-order valence-corrected chi connectivity index (χ0v) is 14.4. The number of rotatable bonds is 2. The minimum absolute atomic E-state index is 0.122. The molecule has 6 nitrogen and oxygen atoms in total. The number of benzene rings is 1. The van der Waals surface area contributed by atoms with Crippen molar-refractivity contribution in [3.63, 3.8) is 0 Å². The standard InChI is InChI=1S/C16H21N3O3S/c1-16(2,3)22-15(20)19-9-8-11(10-19)23(21)14-17-12-6-4-5-7-13(12)18-14/h4-7,11H,8-10H2,1-3H3,(H,17,18)/t11-,23+/m0/s1. The number of hydrogen-bond acceptors (Lipinski definition) is 4. The minimum atomic E-state index is -1.27. The van der Waals surface area contributed by atoms with Crippen molar-refractivity contribution in [3.8, 4) is 0 Å². The van der Waals surface area contributed by atoms with Gasteiger partial charge in [-0.3, -0.25) is 4.21 Å². The maximum atomic E-state index is 12.7. The van der Waals surface area contributed by atoms with Gasteiger partial charge >= 0.3 is 6.09 Å². The van der Waals surface area contributed by atoms with Crippen molar-refractivity contribution in [2.45, 2.75) is 43.2 Å². The zero-order chi connectivity index (χ0) is 16.6. The predicted octanol–water partition coefficient (Wildman–Crippen LogP) is 2.68. The van der Waals surface area contributed by atoms with E-state index in [1.807, 2.05) is 45.0 Å². The number of aromatic nitrogens is 2. The molecule has 1 N–H and O–H groups in total. The molecule has 1 aliphatic heterocycles.